The molecule has 170 valence electrons. The van der Waals surface area contributed by atoms with Gasteiger partial charge in [-0.2, -0.15) is 0 Å². The van der Waals surface area contributed by atoms with Gasteiger partial charge in [-0.3, -0.25) is 14.6 Å². The summed E-state index contributed by atoms with van der Waals surface area (Å²) in [5.74, 6) is 0.414. The summed E-state index contributed by atoms with van der Waals surface area (Å²) in [5.41, 5.74) is 2.95. The summed E-state index contributed by atoms with van der Waals surface area (Å²) < 4.78 is 5.42. The molecule has 4 rings (SSSR count). The van der Waals surface area contributed by atoms with Crippen LogP contribution < -0.4 is 0 Å². The SMILES string of the molecule is CC1=C(C)N2C(=NC3C2C(=O)N(C/C=C/c2ccccc2)C(=O)N3C)N1CCOCCO. The van der Waals surface area contributed by atoms with Crippen LogP contribution in [0.5, 0.6) is 0 Å². The number of fused-ring (bicyclic) bond motifs is 3. The van der Waals surface area contributed by atoms with Gasteiger partial charge in [0.25, 0.3) is 5.91 Å². The highest BCUT2D eigenvalue weighted by atomic mass is 16.5. The molecule has 0 bridgehead atoms. The molecule has 3 heterocycles. The van der Waals surface area contributed by atoms with Gasteiger partial charge in [-0.1, -0.05) is 42.5 Å². The van der Waals surface area contributed by atoms with E-state index in [-0.39, 0.29) is 31.7 Å². The number of aliphatic imine (C=N–C) groups is 1. The van der Waals surface area contributed by atoms with E-state index in [1.807, 2.05) is 66.1 Å². The van der Waals surface area contributed by atoms with Crippen molar-refractivity contribution < 1.29 is 19.4 Å². The number of likely N-dealkylation sites (N-methyl/N-ethyl adjacent to an activating group) is 1. The molecule has 0 aliphatic carbocycles. The number of benzene rings is 1. The largest absolute Gasteiger partial charge is 0.394 e. The van der Waals surface area contributed by atoms with Crippen LogP contribution in [-0.2, 0) is 9.53 Å². The predicted octanol–water partition coefficient (Wildman–Crippen LogP) is 1.54. The molecule has 1 aromatic rings. The van der Waals surface area contributed by atoms with Crippen LogP contribution in [0.15, 0.2) is 52.8 Å². The summed E-state index contributed by atoms with van der Waals surface area (Å²) in [6.07, 6.45) is 3.17. The highest BCUT2D eigenvalue weighted by Gasteiger charge is 2.55. The molecule has 0 saturated carbocycles. The van der Waals surface area contributed by atoms with Gasteiger partial charge in [0.2, 0.25) is 5.96 Å². The summed E-state index contributed by atoms with van der Waals surface area (Å²) in [6.45, 7) is 5.37. The van der Waals surface area contributed by atoms with E-state index in [0.717, 1.165) is 17.0 Å². The Kier molecular flexibility index (Phi) is 6.29. The number of nitrogens with zero attached hydrogens (tertiary/aromatic N) is 5. The van der Waals surface area contributed by atoms with Crippen molar-refractivity contribution >= 4 is 24.0 Å². The second-order valence-electron chi connectivity index (χ2n) is 7.97. The van der Waals surface area contributed by atoms with Crippen LogP contribution in [0.1, 0.15) is 19.4 Å². The zero-order valence-electron chi connectivity index (χ0n) is 18.6. The Morgan fingerprint density at radius 1 is 1.09 bits per heavy atom. The zero-order valence-corrected chi connectivity index (χ0v) is 18.6. The number of hydrogen-bond acceptors (Lipinski definition) is 7. The van der Waals surface area contributed by atoms with E-state index in [1.165, 1.54) is 9.80 Å². The Balaban J connectivity index is 1.52. The second kappa shape index (κ2) is 9.13. The van der Waals surface area contributed by atoms with Crippen LogP contribution in [0.25, 0.3) is 6.08 Å². The van der Waals surface area contributed by atoms with Crippen LogP contribution in [0.2, 0.25) is 0 Å². The van der Waals surface area contributed by atoms with Gasteiger partial charge in [0.1, 0.15) is 0 Å². The first-order valence-corrected chi connectivity index (χ1v) is 10.8. The average Bonchev–Trinajstić information content (AvgIpc) is 3.29. The maximum Gasteiger partial charge on any atom is 0.328 e. The van der Waals surface area contributed by atoms with Gasteiger partial charge in [-0.25, -0.2) is 9.79 Å². The van der Waals surface area contributed by atoms with E-state index in [0.29, 0.717) is 19.1 Å². The van der Waals surface area contributed by atoms with E-state index >= 15 is 0 Å². The molecule has 9 nitrogen and oxygen atoms in total. The maximum absolute atomic E-state index is 13.4. The summed E-state index contributed by atoms with van der Waals surface area (Å²) in [7, 11) is 1.69. The molecule has 3 aliphatic heterocycles. The van der Waals surface area contributed by atoms with Crippen molar-refractivity contribution in [2.75, 3.05) is 40.0 Å². The summed E-state index contributed by atoms with van der Waals surface area (Å²) in [4.78, 5) is 37.9. The number of guanidine groups is 1. The fraction of sp³-hybridized carbons (Fsp3) is 0.435. The minimum atomic E-state index is -0.587. The number of urea groups is 1. The van der Waals surface area contributed by atoms with Crippen LogP contribution in [-0.4, -0.2) is 94.8 Å². The first-order valence-electron chi connectivity index (χ1n) is 10.8. The maximum atomic E-state index is 13.4. The van der Waals surface area contributed by atoms with Gasteiger partial charge in [0, 0.05) is 31.5 Å². The smallest absolute Gasteiger partial charge is 0.328 e. The Morgan fingerprint density at radius 3 is 2.56 bits per heavy atom. The normalized spacial score (nSPS) is 22.9. The van der Waals surface area contributed by atoms with Crippen molar-refractivity contribution in [3.63, 3.8) is 0 Å². The molecule has 1 fully saturated rings. The molecule has 3 aliphatic rings. The summed E-state index contributed by atoms with van der Waals surface area (Å²) >= 11 is 0. The lowest BCUT2D eigenvalue weighted by Crippen LogP contribution is -2.64. The first-order chi connectivity index (χ1) is 15.5. The van der Waals surface area contributed by atoms with Crippen LogP contribution >= 0.6 is 0 Å². The molecule has 3 amide bonds. The molecule has 0 spiro atoms. The minimum absolute atomic E-state index is 0.0268. The standard InChI is InChI=1S/C23H29N5O4/c1-16-17(2)28-19-20(24-22(28)26(16)12-14-32-15-13-29)25(3)23(31)27(21(19)30)11-7-10-18-8-5-4-6-9-18/h4-10,19-20,29H,11-15H2,1-3H3/b10-7+. The van der Waals surface area contributed by atoms with Crippen molar-refractivity contribution in [3.05, 3.63) is 53.4 Å². The second-order valence-corrected chi connectivity index (χ2v) is 7.97. The lowest BCUT2D eigenvalue weighted by molar-refractivity contribution is -0.136. The molecular formula is C23H29N5O4. The molecule has 2 unspecified atom stereocenters. The molecule has 2 atom stereocenters. The number of imide groups is 1. The topological polar surface area (TPSA) is 88.9 Å². The third-order valence-corrected chi connectivity index (χ3v) is 6.10. The predicted molar refractivity (Wildman–Crippen MR) is 120 cm³/mol. The third kappa shape index (κ3) is 3.78. The van der Waals surface area contributed by atoms with Crippen LogP contribution in [0.3, 0.4) is 0 Å². The lowest BCUT2D eigenvalue weighted by atomic mass is 10.1. The van der Waals surface area contributed by atoms with Gasteiger partial charge in [0.05, 0.1) is 19.8 Å². The van der Waals surface area contributed by atoms with Crippen molar-refractivity contribution in [3.8, 4) is 0 Å². The van der Waals surface area contributed by atoms with Gasteiger partial charge in [-0.05, 0) is 19.4 Å². The zero-order chi connectivity index (χ0) is 22.8. The van der Waals surface area contributed by atoms with E-state index in [1.54, 1.807) is 7.05 Å². The number of amides is 3. The fourth-order valence-electron chi connectivity index (χ4n) is 4.30. The number of allylic oxidation sites excluding steroid dienone is 2. The lowest BCUT2D eigenvalue weighted by Gasteiger charge is -2.40. The highest BCUT2D eigenvalue weighted by molar-refractivity contribution is 6.05. The Morgan fingerprint density at radius 2 is 1.84 bits per heavy atom. The molecule has 1 aromatic carbocycles. The summed E-state index contributed by atoms with van der Waals surface area (Å²) in [5, 5.41) is 8.91. The van der Waals surface area contributed by atoms with Gasteiger partial charge < -0.3 is 19.6 Å². The number of aliphatic hydroxyl groups is 1. The Labute approximate surface area is 187 Å². The number of hydrogen-bond donors (Lipinski definition) is 1. The van der Waals surface area contributed by atoms with Crippen LogP contribution in [0.4, 0.5) is 4.79 Å². The van der Waals surface area contributed by atoms with Crippen molar-refractivity contribution in [1.82, 2.24) is 19.6 Å². The molecule has 0 radical (unpaired) electrons. The molecule has 1 N–H and O–H groups in total. The van der Waals surface area contributed by atoms with Crippen molar-refractivity contribution in [2.45, 2.75) is 26.1 Å². The fourth-order valence-corrected chi connectivity index (χ4v) is 4.30. The third-order valence-electron chi connectivity index (χ3n) is 6.10. The average molecular weight is 440 g/mol. The number of carbonyl (C=O) groups excluding carboxylic acids is 2. The molecule has 0 aromatic heterocycles. The Bertz CT molecular complexity index is 974. The van der Waals surface area contributed by atoms with Crippen LogP contribution in [0, 0.1) is 0 Å². The molecule has 9 heteroatoms. The summed E-state index contributed by atoms with van der Waals surface area (Å²) in [6, 6.07) is 8.82. The van der Waals surface area contributed by atoms with Gasteiger partial charge >= 0.3 is 6.03 Å². The minimum Gasteiger partial charge on any atom is -0.394 e. The highest BCUT2D eigenvalue weighted by Crippen LogP contribution is 2.37. The van der Waals surface area contributed by atoms with Gasteiger partial charge in [-0.15, -0.1) is 0 Å². The number of rotatable bonds is 8. The molecule has 32 heavy (non-hydrogen) atoms. The van der Waals surface area contributed by atoms with E-state index < -0.39 is 12.2 Å². The molecular weight excluding hydrogens is 410 g/mol. The monoisotopic (exact) mass is 439 g/mol. The van der Waals surface area contributed by atoms with Gasteiger partial charge in [0.15, 0.2) is 12.2 Å². The first kappa shape index (κ1) is 22.0. The molecule has 1 saturated heterocycles. The van der Waals surface area contributed by atoms with Crippen molar-refractivity contribution in [1.29, 1.82) is 0 Å². The quantitative estimate of drug-likeness (QED) is 0.618. The number of carbonyl (C=O) groups is 2. The Hall–Kier alpha value is -3.17. The van der Waals surface area contributed by atoms with E-state index in [4.69, 9.17) is 14.8 Å². The van der Waals surface area contributed by atoms with Crippen molar-refractivity contribution in [2.24, 2.45) is 4.99 Å². The number of ether oxygens (including phenoxy) is 1. The van der Waals surface area contributed by atoms with E-state index in [9.17, 15) is 9.59 Å². The number of aliphatic hydroxyl groups excluding tert-OH is 1. The van der Waals surface area contributed by atoms with E-state index in [2.05, 4.69) is 0 Å².